The molecule has 0 bridgehead atoms. The molecule has 2 rings (SSSR count). The molecular formula is C14H26N2O3S. The maximum atomic E-state index is 11.9. The summed E-state index contributed by atoms with van der Waals surface area (Å²) in [4.78, 5) is 11.9. The Kier molecular flexibility index (Phi) is 5.43. The Bertz CT molecular complexity index is 424. The van der Waals surface area contributed by atoms with Gasteiger partial charge in [-0.25, -0.2) is 8.42 Å². The average Bonchev–Trinajstić information content (AvgIpc) is 3.00. The summed E-state index contributed by atoms with van der Waals surface area (Å²) in [6, 6.07) is 0.407. The maximum Gasteiger partial charge on any atom is 0.221 e. The molecule has 5 nitrogen and oxygen atoms in total. The molecule has 6 heteroatoms. The standard InChI is InChI=1S/C14H26N2O3S/c1-20(18,19)16(13-8-4-5-9-13)11-10-14(17)15-12-6-2-3-7-12/h12-13H,2-11H2,1H3,(H,15,17). The van der Waals surface area contributed by atoms with Gasteiger partial charge < -0.3 is 5.32 Å². The van der Waals surface area contributed by atoms with Crippen LogP contribution in [-0.2, 0) is 14.8 Å². The van der Waals surface area contributed by atoms with Crippen LogP contribution in [0.1, 0.15) is 57.8 Å². The monoisotopic (exact) mass is 302 g/mol. The Balaban J connectivity index is 1.83. The van der Waals surface area contributed by atoms with Gasteiger partial charge in [0.1, 0.15) is 0 Å². The van der Waals surface area contributed by atoms with Crippen LogP contribution in [0, 0.1) is 0 Å². The van der Waals surface area contributed by atoms with Crippen LogP contribution >= 0.6 is 0 Å². The predicted octanol–water partition coefficient (Wildman–Crippen LogP) is 1.64. The van der Waals surface area contributed by atoms with E-state index in [0.717, 1.165) is 38.5 Å². The Morgan fingerprint density at radius 3 is 2.20 bits per heavy atom. The summed E-state index contributed by atoms with van der Waals surface area (Å²) < 4.78 is 25.3. The zero-order chi connectivity index (χ0) is 14.6. The van der Waals surface area contributed by atoms with Crippen molar-refractivity contribution < 1.29 is 13.2 Å². The number of amides is 1. The highest BCUT2D eigenvalue weighted by Crippen LogP contribution is 2.25. The van der Waals surface area contributed by atoms with Gasteiger partial charge in [0.05, 0.1) is 6.26 Å². The van der Waals surface area contributed by atoms with E-state index in [2.05, 4.69) is 5.32 Å². The number of hydrogen-bond donors (Lipinski definition) is 1. The fraction of sp³-hybridized carbons (Fsp3) is 0.929. The van der Waals surface area contributed by atoms with Gasteiger partial charge in [0.15, 0.2) is 0 Å². The lowest BCUT2D eigenvalue weighted by Gasteiger charge is -2.26. The molecule has 2 aliphatic carbocycles. The molecule has 20 heavy (non-hydrogen) atoms. The lowest BCUT2D eigenvalue weighted by molar-refractivity contribution is -0.121. The second-order valence-electron chi connectivity index (χ2n) is 6.11. The highest BCUT2D eigenvalue weighted by Gasteiger charge is 2.29. The zero-order valence-corrected chi connectivity index (χ0v) is 13.1. The minimum atomic E-state index is -3.22. The molecular weight excluding hydrogens is 276 g/mol. The van der Waals surface area contributed by atoms with Gasteiger partial charge in [0.25, 0.3) is 0 Å². The van der Waals surface area contributed by atoms with Crippen molar-refractivity contribution in [2.45, 2.75) is 69.9 Å². The first kappa shape index (κ1) is 15.8. The SMILES string of the molecule is CS(=O)(=O)N(CCC(=O)NC1CCCC1)C1CCCC1. The number of rotatable bonds is 6. The fourth-order valence-corrected chi connectivity index (χ4v) is 4.57. The number of carbonyl (C=O) groups is 1. The molecule has 2 fully saturated rings. The van der Waals surface area contributed by atoms with Gasteiger partial charge in [-0.15, -0.1) is 0 Å². The van der Waals surface area contributed by atoms with E-state index in [0.29, 0.717) is 12.6 Å². The molecule has 0 saturated heterocycles. The largest absolute Gasteiger partial charge is 0.353 e. The minimum absolute atomic E-state index is 0.0106. The van der Waals surface area contributed by atoms with Gasteiger partial charge in [-0.3, -0.25) is 4.79 Å². The van der Waals surface area contributed by atoms with Gasteiger partial charge >= 0.3 is 0 Å². The summed E-state index contributed by atoms with van der Waals surface area (Å²) in [7, 11) is -3.22. The molecule has 0 heterocycles. The number of carbonyl (C=O) groups excluding carboxylic acids is 1. The van der Waals surface area contributed by atoms with Crippen LogP contribution in [0.25, 0.3) is 0 Å². The van der Waals surface area contributed by atoms with Crippen molar-refractivity contribution in [1.82, 2.24) is 9.62 Å². The fourth-order valence-electron chi connectivity index (χ4n) is 3.39. The molecule has 0 aliphatic heterocycles. The quantitative estimate of drug-likeness (QED) is 0.811. The number of sulfonamides is 1. The van der Waals surface area contributed by atoms with Gasteiger partial charge in [-0.2, -0.15) is 4.31 Å². The minimum Gasteiger partial charge on any atom is -0.353 e. The van der Waals surface area contributed by atoms with Crippen molar-refractivity contribution in [3.63, 3.8) is 0 Å². The first-order chi connectivity index (χ1) is 9.47. The number of nitrogens with one attached hydrogen (secondary N) is 1. The van der Waals surface area contributed by atoms with Crippen LogP contribution in [-0.4, -0.2) is 43.5 Å². The number of nitrogens with zero attached hydrogens (tertiary/aromatic N) is 1. The van der Waals surface area contributed by atoms with Crippen LogP contribution in [0.3, 0.4) is 0 Å². The summed E-state index contributed by atoms with van der Waals surface area (Å²) in [5.41, 5.74) is 0. The van der Waals surface area contributed by atoms with Crippen molar-refractivity contribution in [2.75, 3.05) is 12.8 Å². The summed E-state index contributed by atoms with van der Waals surface area (Å²) in [6.07, 6.45) is 10.0. The number of hydrogen-bond acceptors (Lipinski definition) is 3. The molecule has 1 amide bonds. The lowest BCUT2D eigenvalue weighted by atomic mass is 10.2. The molecule has 0 aromatic carbocycles. The van der Waals surface area contributed by atoms with Crippen molar-refractivity contribution in [2.24, 2.45) is 0 Å². The lowest BCUT2D eigenvalue weighted by Crippen LogP contribution is -2.41. The molecule has 116 valence electrons. The molecule has 1 N–H and O–H groups in total. The van der Waals surface area contributed by atoms with E-state index in [9.17, 15) is 13.2 Å². The molecule has 0 unspecified atom stereocenters. The van der Waals surface area contributed by atoms with Crippen LogP contribution < -0.4 is 5.32 Å². The summed E-state index contributed by atoms with van der Waals surface area (Å²) in [6.45, 7) is 0.321. The van der Waals surface area contributed by atoms with Gasteiger partial charge in [0.2, 0.25) is 15.9 Å². The molecule has 0 radical (unpaired) electrons. The molecule has 0 aromatic rings. The Morgan fingerprint density at radius 2 is 1.65 bits per heavy atom. The van der Waals surface area contributed by atoms with Crippen molar-refractivity contribution >= 4 is 15.9 Å². The predicted molar refractivity (Wildman–Crippen MR) is 78.8 cm³/mol. The van der Waals surface area contributed by atoms with Crippen LogP contribution in [0.15, 0.2) is 0 Å². The first-order valence-electron chi connectivity index (χ1n) is 7.73. The van der Waals surface area contributed by atoms with E-state index in [4.69, 9.17) is 0 Å². The van der Waals surface area contributed by atoms with E-state index in [-0.39, 0.29) is 18.4 Å². The Hall–Kier alpha value is -0.620. The third-order valence-corrected chi connectivity index (χ3v) is 5.77. The van der Waals surface area contributed by atoms with E-state index < -0.39 is 10.0 Å². The third kappa shape index (κ3) is 4.45. The van der Waals surface area contributed by atoms with E-state index >= 15 is 0 Å². The molecule has 0 atom stereocenters. The Labute approximate surface area is 122 Å². The van der Waals surface area contributed by atoms with E-state index in [1.165, 1.54) is 23.4 Å². The van der Waals surface area contributed by atoms with Gasteiger partial charge in [0, 0.05) is 25.0 Å². The van der Waals surface area contributed by atoms with Crippen molar-refractivity contribution in [1.29, 1.82) is 0 Å². The smallest absolute Gasteiger partial charge is 0.221 e. The first-order valence-corrected chi connectivity index (χ1v) is 9.58. The van der Waals surface area contributed by atoms with Gasteiger partial charge in [-0.05, 0) is 25.7 Å². The highest BCUT2D eigenvalue weighted by molar-refractivity contribution is 7.88. The molecule has 2 aliphatic rings. The summed E-state index contributed by atoms with van der Waals surface area (Å²) in [5.74, 6) is -0.0106. The van der Waals surface area contributed by atoms with Crippen LogP contribution in [0.4, 0.5) is 0 Å². The van der Waals surface area contributed by atoms with Crippen LogP contribution in [0.5, 0.6) is 0 Å². The van der Waals surface area contributed by atoms with Crippen molar-refractivity contribution in [3.05, 3.63) is 0 Å². The second kappa shape index (κ2) is 6.89. The normalized spacial score (nSPS) is 21.7. The van der Waals surface area contributed by atoms with E-state index in [1.807, 2.05) is 0 Å². The second-order valence-corrected chi connectivity index (χ2v) is 8.05. The summed E-state index contributed by atoms with van der Waals surface area (Å²) >= 11 is 0. The maximum absolute atomic E-state index is 11.9. The van der Waals surface area contributed by atoms with Crippen molar-refractivity contribution in [3.8, 4) is 0 Å². The molecule has 0 spiro atoms. The Morgan fingerprint density at radius 1 is 1.10 bits per heavy atom. The molecule has 2 saturated carbocycles. The summed E-state index contributed by atoms with van der Waals surface area (Å²) in [5, 5.41) is 3.02. The van der Waals surface area contributed by atoms with Gasteiger partial charge in [-0.1, -0.05) is 25.7 Å². The molecule has 0 aromatic heterocycles. The zero-order valence-electron chi connectivity index (χ0n) is 12.3. The average molecular weight is 302 g/mol. The third-order valence-electron chi connectivity index (χ3n) is 4.44. The van der Waals surface area contributed by atoms with E-state index in [1.54, 1.807) is 0 Å². The topological polar surface area (TPSA) is 66.5 Å². The van der Waals surface area contributed by atoms with Crippen LogP contribution in [0.2, 0.25) is 0 Å². The highest BCUT2D eigenvalue weighted by atomic mass is 32.2.